The quantitative estimate of drug-likeness (QED) is 0.544. The minimum atomic E-state index is 0.333. The lowest BCUT2D eigenvalue weighted by Gasteiger charge is -2.22. The zero-order valence-corrected chi connectivity index (χ0v) is 12.6. The van der Waals surface area contributed by atoms with Gasteiger partial charge in [-0.25, -0.2) is 0 Å². The van der Waals surface area contributed by atoms with E-state index >= 15 is 0 Å². The number of nitrogens with zero attached hydrogens (tertiary/aromatic N) is 1. The molecule has 0 rings (SSSR count). The van der Waals surface area contributed by atoms with Crippen LogP contribution < -0.4 is 5.32 Å². The second-order valence-corrected chi connectivity index (χ2v) is 4.94. The van der Waals surface area contributed by atoms with Gasteiger partial charge in [0.25, 0.3) is 0 Å². The van der Waals surface area contributed by atoms with Crippen molar-refractivity contribution in [3.63, 3.8) is 0 Å². The third kappa shape index (κ3) is 9.46. The summed E-state index contributed by atoms with van der Waals surface area (Å²) in [5.41, 5.74) is 0. The van der Waals surface area contributed by atoms with E-state index in [1.165, 1.54) is 12.8 Å². The number of rotatable bonds is 12. The zero-order valence-electron chi connectivity index (χ0n) is 12.6. The first-order valence-electron chi connectivity index (χ1n) is 7.74. The number of hydrogen-bond acceptors (Lipinski definition) is 2. The average Bonchev–Trinajstić information content (AvgIpc) is 2.37. The van der Waals surface area contributed by atoms with Gasteiger partial charge in [-0.2, -0.15) is 0 Å². The van der Waals surface area contributed by atoms with Gasteiger partial charge in [0.2, 0.25) is 5.91 Å². The number of nitrogens with one attached hydrogen (secondary N) is 1. The average molecular weight is 256 g/mol. The van der Waals surface area contributed by atoms with E-state index in [9.17, 15) is 4.79 Å². The predicted molar refractivity (Wildman–Crippen MR) is 78.8 cm³/mol. The molecule has 0 aliphatic rings. The van der Waals surface area contributed by atoms with Crippen molar-refractivity contribution in [2.45, 2.75) is 65.7 Å². The molecule has 18 heavy (non-hydrogen) atoms. The van der Waals surface area contributed by atoms with Gasteiger partial charge in [-0.1, -0.05) is 33.6 Å². The Labute approximate surface area is 113 Å². The molecule has 0 aliphatic carbocycles. The molecule has 0 aliphatic heterocycles. The number of unbranched alkanes of at least 4 members (excludes halogenated alkanes) is 2. The Bertz CT molecular complexity index is 195. The summed E-state index contributed by atoms with van der Waals surface area (Å²) in [6, 6.07) is 0. The first-order valence-corrected chi connectivity index (χ1v) is 7.74. The summed E-state index contributed by atoms with van der Waals surface area (Å²) in [4.78, 5) is 14.0. The maximum absolute atomic E-state index is 11.9. The Balaban J connectivity index is 3.75. The van der Waals surface area contributed by atoms with Gasteiger partial charge >= 0.3 is 0 Å². The van der Waals surface area contributed by atoms with E-state index in [0.717, 1.165) is 51.9 Å². The molecular formula is C15H32N2O. The van der Waals surface area contributed by atoms with Gasteiger partial charge in [0.1, 0.15) is 0 Å². The third-order valence-corrected chi connectivity index (χ3v) is 3.09. The van der Waals surface area contributed by atoms with Crippen LogP contribution in [0.25, 0.3) is 0 Å². The van der Waals surface area contributed by atoms with Crippen LogP contribution in [0.4, 0.5) is 0 Å². The molecule has 0 radical (unpaired) electrons. The zero-order chi connectivity index (χ0) is 13.6. The first-order chi connectivity index (χ1) is 8.76. The number of carbonyl (C=O) groups excluding carboxylic acids is 1. The van der Waals surface area contributed by atoms with Crippen LogP contribution in [0, 0.1) is 0 Å². The number of carbonyl (C=O) groups is 1. The molecule has 1 N–H and O–H groups in total. The van der Waals surface area contributed by atoms with Crippen LogP contribution in [0.3, 0.4) is 0 Å². The Kier molecular flexibility index (Phi) is 12.5. The van der Waals surface area contributed by atoms with E-state index in [1.54, 1.807) is 0 Å². The van der Waals surface area contributed by atoms with Crippen LogP contribution in [0.2, 0.25) is 0 Å². The van der Waals surface area contributed by atoms with Gasteiger partial charge in [0.15, 0.2) is 0 Å². The number of hydrogen-bond donors (Lipinski definition) is 1. The predicted octanol–water partition coefficient (Wildman–Crippen LogP) is 3.20. The third-order valence-electron chi connectivity index (χ3n) is 3.09. The smallest absolute Gasteiger partial charge is 0.222 e. The fraction of sp³-hybridized carbons (Fsp3) is 0.933. The van der Waals surface area contributed by atoms with Crippen LogP contribution in [0.15, 0.2) is 0 Å². The van der Waals surface area contributed by atoms with E-state index in [-0.39, 0.29) is 0 Å². The van der Waals surface area contributed by atoms with Crippen LogP contribution in [-0.2, 0) is 4.79 Å². The normalized spacial score (nSPS) is 10.6. The van der Waals surface area contributed by atoms with Crippen molar-refractivity contribution in [2.24, 2.45) is 0 Å². The summed E-state index contributed by atoms with van der Waals surface area (Å²) in [5, 5.41) is 3.43. The minimum absolute atomic E-state index is 0.333. The van der Waals surface area contributed by atoms with Crippen LogP contribution in [0.1, 0.15) is 65.7 Å². The molecule has 0 saturated heterocycles. The molecule has 0 aromatic rings. The maximum Gasteiger partial charge on any atom is 0.222 e. The van der Waals surface area contributed by atoms with Gasteiger partial charge in [-0.05, 0) is 38.8 Å². The second-order valence-electron chi connectivity index (χ2n) is 4.94. The van der Waals surface area contributed by atoms with Gasteiger partial charge in [-0.15, -0.1) is 0 Å². The summed E-state index contributed by atoms with van der Waals surface area (Å²) in [6.45, 7) is 10.4. The molecule has 0 saturated carbocycles. The van der Waals surface area contributed by atoms with Crippen molar-refractivity contribution in [1.82, 2.24) is 10.2 Å². The highest BCUT2D eigenvalue weighted by atomic mass is 16.2. The van der Waals surface area contributed by atoms with Crippen molar-refractivity contribution < 1.29 is 4.79 Å². The van der Waals surface area contributed by atoms with Crippen molar-refractivity contribution in [3.05, 3.63) is 0 Å². The Hall–Kier alpha value is -0.570. The topological polar surface area (TPSA) is 32.3 Å². The summed E-state index contributed by atoms with van der Waals surface area (Å²) in [7, 11) is 0. The standard InChI is InChI=1S/C15H32N2O/c1-4-7-11-16-12-9-14-17(13-8-5-2)15(18)10-6-3/h16H,4-14H2,1-3H3. The van der Waals surface area contributed by atoms with E-state index in [2.05, 4.69) is 31.0 Å². The summed E-state index contributed by atoms with van der Waals surface area (Å²) < 4.78 is 0. The molecule has 3 heteroatoms. The van der Waals surface area contributed by atoms with Gasteiger partial charge in [0.05, 0.1) is 0 Å². The van der Waals surface area contributed by atoms with Gasteiger partial charge < -0.3 is 10.2 Å². The summed E-state index contributed by atoms with van der Waals surface area (Å²) >= 11 is 0. The molecule has 0 aromatic heterocycles. The molecular weight excluding hydrogens is 224 g/mol. The Morgan fingerprint density at radius 2 is 1.50 bits per heavy atom. The van der Waals surface area contributed by atoms with Crippen molar-refractivity contribution in [2.75, 3.05) is 26.2 Å². The lowest BCUT2D eigenvalue weighted by Crippen LogP contribution is -2.34. The SMILES string of the molecule is CCCCNCCCN(CCCC)C(=O)CCC. The van der Waals surface area contributed by atoms with Crippen LogP contribution >= 0.6 is 0 Å². The van der Waals surface area contributed by atoms with Crippen molar-refractivity contribution >= 4 is 5.91 Å². The van der Waals surface area contributed by atoms with E-state index in [4.69, 9.17) is 0 Å². The summed E-state index contributed by atoms with van der Waals surface area (Å²) in [5.74, 6) is 0.333. The Morgan fingerprint density at radius 3 is 2.11 bits per heavy atom. The highest BCUT2D eigenvalue weighted by Gasteiger charge is 2.10. The molecule has 0 unspecified atom stereocenters. The molecule has 0 spiro atoms. The molecule has 0 aromatic carbocycles. The molecule has 0 fully saturated rings. The molecule has 0 atom stereocenters. The maximum atomic E-state index is 11.9. The van der Waals surface area contributed by atoms with Gasteiger partial charge in [-0.3, -0.25) is 4.79 Å². The molecule has 3 nitrogen and oxygen atoms in total. The fourth-order valence-corrected chi connectivity index (χ4v) is 1.90. The fourth-order valence-electron chi connectivity index (χ4n) is 1.90. The molecule has 1 amide bonds. The minimum Gasteiger partial charge on any atom is -0.343 e. The van der Waals surface area contributed by atoms with Crippen molar-refractivity contribution in [1.29, 1.82) is 0 Å². The molecule has 0 bridgehead atoms. The highest BCUT2D eigenvalue weighted by molar-refractivity contribution is 5.76. The monoisotopic (exact) mass is 256 g/mol. The largest absolute Gasteiger partial charge is 0.343 e. The van der Waals surface area contributed by atoms with Gasteiger partial charge in [0, 0.05) is 19.5 Å². The van der Waals surface area contributed by atoms with Crippen molar-refractivity contribution in [3.8, 4) is 0 Å². The highest BCUT2D eigenvalue weighted by Crippen LogP contribution is 2.02. The van der Waals surface area contributed by atoms with Crippen LogP contribution in [-0.4, -0.2) is 37.0 Å². The van der Waals surface area contributed by atoms with E-state index in [1.807, 2.05) is 0 Å². The lowest BCUT2D eigenvalue weighted by molar-refractivity contribution is -0.131. The molecule has 0 heterocycles. The summed E-state index contributed by atoms with van der Waals surface area (Å²) in [6.07, 6.45) is 7.49. The lowest BCUT2D eigenvalue weighted by atomic mass is 10.2. The van der Waals surface area contributed by atoms with E-state index in [0.29, 0.717) is 12.3 Å². The second kappa shape index (κ2) is 12.9. The van der Waals surface area contributed by atoms with E-state index < -0.39 is 0 Å². The Morgan fingerprint density at radius 1 is 0.889 bits per heavy atom. The van der Waals surface area contributed by atoms with Crippen LogP contribution in [0.5, 0.6) is 0 Å². The molecule has 108 valence electrons. The number of amides is 1. The first kappa shape index (κ1) is 17.4.